The molecule has 0 N–H and O–H groups in total. The van der Waals surface area contributed by atoms with Crippen LogP contribution in [0.5, 0.6) is 5.75 Å². The quantitative estimate of drug-likeness (QED) is 0.147. The van der Waals surface area contributed by atoms with E-state index in [-0.39, 0.29) is 23.1 Å². The Morgan fingerprint density at radius 3 is 2.28 bits per heavy atom. The van der Waals surface area contributed by atoms with Crippen molar-refractivity contribution in [2.24, 2.45) is 0 Å². The number of hydrogen-bond donors (Lipinski definition) is 0. The number of rotatable bonds is 9. The van der Waals surface area contributed by atoms with Crippen molar-refractivity contribution in [3.8, 4) is 5.75 Å². The Bertz CT molecular complexity index is 1350. The number of amides is 2. The van der Waals surface area contributed by atoms with Gasteiger partial charge in [0.25, 0.3) is 17.5 Å². The van der Waals surface area contributed by atoms with Gasteiger partial charge in [-0.15, -0.1) is 0 Å². The van der Waals surface area contributed by atoms with Gasteiger partial charge in [0.15, 0.2) is 12.4 Å². The summed E-state index contributed by atoms with van der Waals surface area (Å²) in [6.45, 7) is -0.625. The highest BCUT2D eigenvalue weighted by Crippen LogP contribution is 2.33. The minimum absolute atomic E-state index is 0.102. The lowest BCUT2D eigenvalue weighted by Gasteiger charge is -2.24. The van der Waals surface area contributed by atoms with Crippen LogP contribution in [-0.2, 0) is 16.0 Å². The number of hydrogen-bond acceptors (Lipinski definition) is 8. The number of nitro groups is 1. The van der Waals surface area contributed by atoms with Crippen molar-refractivity contribution in [3.63, 3.8) is 0 Å². The van der Waals surface area contributed by atoms with E-state index in [0.29, 0.717) is 16.2 Å². The first kappa shape index (κ1) is 24.3. The lowest BCUT2D eigenvalue weighted by atomic mass is 10.0. The van der Waals surface area contributed by atoms with Crippen molar-refractivity contribution < 1.29 is 33.6 Å². The van der Waals surface area contributed by atoms with Gasteiger partial charge < -0.3 is 9.47 Å². The molecule has 3 aromatic rings. The van der Waals surface area contributed by atoms with Crippen molar-refractivity contribution in [3.05, 3.63) is 105 Å². The van der Waals surface area contributed by atoms with Crippen LogP contribution in [0.1, 0.15) is 36.6 Å². The zero-order chi connectivity index (χ0) is 25.8. The van der Waals surface area contributed by atoms with Crippen LogP contribution in [0.25, 0.3) is 0 Å². The number of Topliss-reactive ketones (excluding diaryl/α,β-unsaturated/α-hetero) is 1. The van der Waals surface area contributed by atoms with Crippen LogP contribution in [0.15, 0.2) is 72.8 Å². The highest BCUT2D eigenvalue weighted by Gasteiger charge is 2.47. The van der Waals surface area contributed by atoms with E-state index < -0.39 is 46.8 Å². The van der Waals surface area contributed by atoms with Crippen molar-refractivity contribution in [2.45, 2.75) is 12.5 Å². The molecular weight excluding hydrogens is 468 g/mol. The van der Waals surface area contributed by atoms with Crippen LogP contribution in [0.3, 0.4) is 0 Å². The molecule has 0 bridgehead atoms. The van der Waals surface area contributed by atoms with Gasteiger partial charge in [-0.05, 0) is 35.9 Å². The third kappa shape index (κ3) is 4.69. The van der Waals surface area contributed by atoms with Crippen molar-refractivity contribution in [1.29, 1.82) is 0 Å². The van der Waals surface area contributed by atoms with E-state index in [0.717, 1.165) is 6.07 Å². The fourth-order valence-corrected chi connectivity index (χ4v) is 3.93. The van der Waals surface area contributed by atoms with E-state index in [4.69, 9.17) is 9.47 Å². The van der Waals surface area contributed by atoms with Crippen LogP contribution in [0, 0.1) is 10.1 Å². The Morgan fingerprint density at radius 2 is 1.64 bits per heavy atom. The Kier molecular flexibility index (Phi) is 6.86. The smallest absolute Gasteiger partial charge is 0.330 e. The number of nitro benzene ring substituents is 1. The molecule has 1 heterocycles. The fraction of sp³-hybridized carbons (Fsp3) is 0.154. The second-order valence-electron chi connectivity index (χ2n) is 7.90. The summed E-state index contributed by atoms with van der Waals surface area (Å²) in [4.78, 5) is 63.4. The Morgan fingerprint density at radius 1 is 0.944 bits per heavy atom. The van der Waals surface area contributed by atoms with Gasteiger partial charge in [0.2, 0.25) is 0 Å². The third-order valence-electron chi connectivity index (χ3n) is 5.73. The average molecular weight is 488 g/mol. The summed E-state index contributed by atoms with van der Waals surface area (Å²) in [6, 6.07) is 17.1. The molecule has 1 aliphatic rings. The van der Waals surface area contributed by atoms with E-state index in [1.165, 1.54) is 31.4 Å². The molecule has 3 aromatic carbocycles. The molecule has 0 unspecified atom stereocenters. The number of carbonyl (C=O) groups excluding carboxylic acids is 4. The van der Waals surface area contributed by atoms with Crippen LogP contribution < -0.4 is 4.74 Å². The third-order valence-corrected chi connectivity index (χ3v) is 5.73. The number of nitrogens with zero attached hydrogens (tertiary/aromatic N) is 2. The zero-order valence-corrected chi connectivity index (χ0v) is 19.1. The topological polar surface area (TPSA) is 133 Å². The lowest BCUT2D eigenvalue weighted by Crippen LogP contribution is -2.47. The number of carbonyl (C=O) groups is 4. The van der Waals surface area contributed by atoms with E-state index in [1.807, 2.05) is 0 Å². The number of benzene rings is 3. The number of ketones is 1. The summed E-state index contributed by atoms with van der Waals surface area (Å²) < 4.78 is 10.3. The normalized spacial score (nSPS) is 13.2. The molecule has 182 valence electrons. The Labute approximate surface area is 205 Å². The summed E-state index contributed by atoms with van der Waals surface area (Å²) in [7, 11) is 1.49. The Hall–Kier alpha value is -4.86. The molecule has 36 heavy (non-hydrogen) atoms. The van der Waals surface area contributed by atoms with Crippen LogP contribution in [-0.4, -0.2) is 53.1 Å². The highest BCUT2D eigenvalue weighted by molar-refractivity contribution is 6.24. The van der Waals surface area contributed by atoms with Gasteiger partial charge in [-0.1, -0.05) is 36.4 Å². The van der Waals surface area contributed by atoms with Gasteiger partial charge in [0, 0.05) is 18.1 Å². The summed E-state index contributed by atoms with van der Waals surface area (Å²) in [5.74, 6) is -2.76. The van der Waals surface area contributed by atoms with E-state index in [1.54, 1.807) is 42.5 Å². The first-order valence-electron chi connectivity index (χ1n) is 10.8. The molecule has 0 spiro atoms. The van der Waals surface area contributed by atoms with Crippen LogP contribution in [0.2, 0.25) is 0 Å². The maximum Gasteiger partial charge on any atom is 0.330 e. The molecule has 10 heteroatoms. The van der Waals surface area contributed by atoms with Gasteiger partial charge in [-0.2, -0.15) is 0 Å². The standard InChI is InChI=1S/C26H20N2O8/c1-35-18-12-10-17(11-13-18)22(29)15-36-26(32)21(14-16-6-3-2-4-7-16)27-24(30)19-8-5-9-20(28(33)34)23(19)25(27)31/h2-13,21H,14-15H2,1H3/t21-/m1/s1. The molecule has 1 aliphatic heterocycles. The molecule has 0 saturated carbocycles. The van der Waals surface area contributed by atoms with Crippen LogP contribution >= 0.6 is 0 Å². The largest absolute Gasteiger partial charge is 0.497 e. The molecule has 4 rings (SSSR count). The number of methoxy groups -OCH3 is 1. The average Bonchev–Trinajstić information content (AvgIpc) is 3.15. The molecule has 0 aromatic heterocycles. The second-order valence-corrected chi connectivity index (χ2v) is 7.90. The summed E-state index contributed by atoms with van der Waals surface area (Å²) in [5, 5.41) is 11.5. The molecule has 2 amide bonds. The summed E-state index contributed by atoms with van der Waals surface area (Å²) in [6.07, 6.45) is -0.102. The monoisotopic (exact) mass is 488 g/mol. The molecule has 0 radical (unpaired) electrons. The molecule has 0 aliphatic carbocycles. The second kappa shape index (κ2) is 10.2. The lowest BCUT2D eigenvalue weighted by molar-refractivity contribution is -0.385. The molecule has 0 saturated heterocycles. The number of ether oxygens (including phenoxy) is 2. The highest BCUT2D eigenvalue weighted by atomic mass is 16.6. The van der Waals surface area contributed by atoms with Crippen molar-refractivity contribution >= 4 is 29.3 Å². The van der Waals surface area contributed by atoms with Gasteiger partial charge >= 0.3 is 5.97 Å². The van der Waals surface area contributed by atoms with E-state index in [9.17, 15) is 29.3 Å². The first-order chi connectivity index (χ1) is 17.3. The van der Waals surface area contributed by atoms with Gasteiger partial charge in [-0.3, -0.25) is 29.4 Å². The van der Waals surface area contributed by atoms with Crippen molar-refractivity contribution in [1.82, 2.24) is 4.90 Å². The Balaban J connectivity index is 1.60. The summed E-state index contributed by atoms with van der Waals surface area (Å²) in [5.41, 5.74) is -0.191. The maximum atomic E-state index is 13.2. The fourth-order valence-electron chi connectivity index (χ4n) is 3.93. The number of imide groups is 1. The minimum Gasteiger partial charge on any atom is -0.497 e. The number of esters is 1. The van der Waals surface area contributed by atoms with Gasteiger partial charge in [0.05, 0.1) is 17.6 Å². The molecular formula is C26H20N2O8. The molecule has 10 nitrogen and oxygen atoms in total. The predicted molar refractivity (Wildman–Crippen MR) is 126 cm³/mol. The zero-order valence-electron chi connectivity index (χ0n) is 19.1. The van der Waals surface area contributed by atoms with E-state index >= 15 is 0 Å². The van der Waals surface area contributed by atoms with Gasteiger partial charge in [-0.25, -0.2) is 4.79 Å². The predicted octanol–water partition coefficient (Wildman–Crippen LogP) is 3.24. The van der Waals surface area contributed by atoms with Gasteiger partial charge in [0.1, 0.15) is 17.4 Å². The summed E-state index contributed by atoms with van der Waals surface area (Å²) >= 11 is 0. The SMILES string of the molecule is COc1ccc(C(=O)COC(=O)[C@@H](Cc2ccccc2)N2C(=O)c3cccc([N+](=O)[O-])c3C2=O)cc1. The molecule has 0 fully saturated rings. The van der Waals surface area contributed by atoms with E-state index in [2.05, 4.69) is 0 Å². The van der Waals surface area contributed by atoms with Crippen LogP contribution in [0.4, 0.5) is 5.69 Å². The molecule has 1 atom stereocenters. The minimum atomic E-state index is -1.44. The maximum absolute atomic E-state index is 13.2. The first-order valence-corrected chi connectivity index (χ1v) is 10.8. The number of fused-ring (bicyclic) bond motifs is 1. The van der Waals surface area contributed by atoms with Crippen molar-refractivity contribution in [2.75, 3.05) is 13.7 Å².